The second-order valence-electron chi connectivity index (χ2n) is 7.17. The first kappa shape index (κ1) is 18.6. The van der Waals surface area contributed by atoms with Gasteiger partial charge in [0.05, 0.1) is 31.5 Å². The summed E-state index contributed by atoms with van der Waals surface area (Å²) < 4.78 is 11.1. The van der Waals surface area contributed by atoms with E-state index in [9.17, 15) is 9.59 Å². The molecule has 3 aromatic rings. The SMILES string of the molecule is COc1ccccc1-c1nc(CN2C(=O)NC3(CCOc4ccccc43)C2=O)cs1. The monoisotopic (exact) mass is 421 g/mol. The van der Waals surface area contributed by atoms with Gasteiger partial charge in [0.2, 0.25) is 0 Å². The Hall–Kier alpha value is -3.39. The van der Waals surface area contributed by atoms with E-state index in [1.807, 2.05) is 53.9 Å². The summed E-state index contributed by atoms with van der Waals surface area (Å²) in [5, 5.41) is 5.56. The maximum atomic E-state index is 13.4. The van der Waals surface area contributed by atoms with Gasteiger partial charge in [-0.25, -0.2) is 9.78 Å². The number of rotatable bonds is 4. The molecule has 5 rings (SSSR count). The van der Waals surface area contributed by atoms with Crippen molar-refractivity contribution < 1.29 is 19.1 Å². The highest BCUT2D eigenvalue weighted by atomic mass is 32.1. The van der Waals surface area contributed by atoms with Gasteiger partial charge in [0.25, 0.3) is 5.91 Å². The Kier molecular flexibility index (Phi) is 4.43. The number of thiazole rings is 1. The zero-order valence-corrected chi connectivity index (χ0v) is 17.1. The summed E-state index contributed by atoms with van der Waals surface area (Å²) in [5.41, 5.74) is 1.16. The molecule has 7 nitrogen and oxygen atoms in total. The van der Waals surface area contributed by atoms with Crippen molar-refractivity contribution in [1.82, 2.24) is 15.2 Å². The predicted molar refractivity (Wildman–Crippen MR) is 111 cm³/mol. The number of nitrogens with one attached hydrogen (secondary N) is 1. The fourth-order valence-corrected chi connectivity index (χ4v) is 4.84. The molecule has 0 bridgehead atoms. The molecule has 152 valence electrons. The van der Waals surface area contributed by atoms with Crippen molar-refractivity contribution in [3.8, 4) is 22.1 Å². The minimum Gasteiger partial charge on any atom is -0.496 e. The Morgan fingerprint density at radius 1 is 1.20 bits per heavy atom. The lowest BCUT2D eigenvalue weighted by atomic mass is 9.84. The van der Waals surface area contributed by atoms with Crippen LogP contribution in [0.3, 0.4) is 0 Å². The predicted octanol–water partition coefficient (Wildman–Crippen LogP) is 3.55. The zero-order chi connectivity index (χ0) is 20.7. The van der Waals surface area contributed by atoms with E-state index >= 15 is 0 Å². The van der Waals surface area contributed by atoms with Gasteiger partial charge >= 0.3 is 6.03 Å². The number of carbonyl (C=O) groups excluding carboxylic acids is 2. The first-order valence-electron chi connectivity index (χ1n) is 9.56. The molecule has 2 aliphatic heterocycles. The number of ether oxygens (including phenoxy) is 2. The molecule has 3 amide bonds. The molecular weight excluding hydrogens is 402 g/mol. The summed E-state index contributed by atoms with van der Waals surface area (Å²) in [6.07, 6.45) is 0.397. The van der Waals surface area contributed by atoms with Gasteiger partial charge in [-0.2, -0.15) is 0 Å². The van der Waals surface area contributed by atoms with Crippen LogP contribution in [-0.4, -0.2) is 35.5 Å². The molecule has 1 unspecified atom stereocenters. The molecule has 2 aromatic carbocycles. The van der Waals surface area contributed by atoms with E-state index in [2.05, 4.69) is 10.3 Å². The largest absolute Gasteiger partial charge is 0.496 e. The number of benzene rings is 2. The van der Waals surface area contributed by atoms with E-state index < -0.39 is 11.6 Å². The highest BCUT2D eigenvalue weighted by Gasteiger charge is 2.54. The highest BCUT2D eigenvalue weighted by Crippen LogP contribution is 2.41. The summed E-state index contributed by atoms with van der Waals surface area (Å²) in [4.78, 5) is 32.0. The van der Waals surface area contributed by atoms with Crippen molar-refractivity contribution in [3.05, 3.63) is 65.2 Å². The minimum absolute atomic E-state index is 0.112. The Morgan fingerprint density at radius 3 is 2.87 bits per heavy atom. The maximum absolute atomic E-state index is 13.4. The Bertz CT molecular complexity index is 1140. The average Bonchev–Trinajstić information content (AvgIpc) is 3.33. The minimum atomic E-state index is -1.08. The lowest BCUT2D eigenvalue weighted by Crippen LogP contribution is -2.47. The Morgan fingerprint density at radius 2 is 2.00 bits per heavy atom. The van der Waals surface area contributed by atoms with Crippen molar-refractivity contribution >= 4 is 23.3 Å². The lowest BCUT2D eigenvalue weighted by Gasteiger charge is -2.33. The molecular formula is C22H19N3O4S. The van der Waals surface area contributed by atoms with Gasteiger partial charge in [0.1, 0.15) is 16.5 Å². The van der Waals surface area contributed by atoms with Crippen LogP contribution in [0.15, 0.2) is 53.9 Å². The molecule has 0 radical (unpaired) electrons. The van der Waals surface area contributed by atoms with Crippen LogP contribution in [0.25, 0.3) is 10.6 Å². The van der Waals surface area contributed by atoms with Gasteiger partial charge in [0.15, 0.2) is 5.54 Å². The first-order chi connectivity index (χ1) is 14.6. The third-order valence-corrected chi connectivity index (χ3v) is 6.39. The first-order valence-corrected chi connectivity index (χ1v) is 10.4. The molecule has 3 heterocycles. The van der Waals surface area contributed by atoms with Crippen molar-refractivity contribution in [3.63, 3.8) is 0 Å². The summed E-state index contributed by atoms with van der Waals surface area (Å²) >= 11 is 1.45. The number of para-hydroxylation sites is 2. The maximum Gasteiger partial charge on any atom is 0.325 e. The average molecular weight is 421 g/mol. The molecule has 8 heteroatoms. The summed E-state index contributed by atoms with van der Waals surface area (Å²) in [6.45, 7) is 0.479. The third kappa shape index (κ3) is 2.83. The van der Waals surface area contributed by atoms with E-state index in [0.717, 1.165) is 16.3 Å². The quantitative estimate of drug-likeness (QED) is 0.652. The van der Waals surface area contributed by atoms with Crippen LogP contribution in [0.4, 0.5) is 4.79 Å². The number of urea groups is 1. The number of imide groups is 1. The van der Waals surface area contributed by atoms with Gasteiger partial charge in [0, 0.05) is 17.4 Å². The topological polar surface area (TPSA) is 80.8 Å². The molecule has 1 saturated heterocycles. The smallest absolute Gasteiger partial charge is 0.325 e. The van der Waals surface area contributed by atoms with Crippen LogP contribution >= 0.6 is 11.3 Å². The lowest BCUT2D eigenvalue weighted by molar-refractivity contribution is -0.133. The molecule has 0 saturated carbocycles. The number of nitrogens with zero attached hydrogens (tertiary/aromatic N) is 2. The van der Waals surface area contributed by atoms with Crippen molar-refractivity contribution in [2.75, 3.05) is 13.7 Å². The number of methoxy groups -OCH3 is 1. The zero-order valence-electron chi connectivity index (χ0n) is 16.3. The van der Waals surface area contributed by atoms with Gasteiger partial charge in [-0.1, -0.05) is 30.3 Å². The second-order valence-corrected chi connectivity index (χ2v) is 8.02. The van der Waals surface area contributed by atoms with Crippen molar-refractivity contribution in [1.29, 1.82) is 0 Å². The van der Waals surface area contributed by atoms with E-state index in [1.54, 1.807) is 7.11 Å². The van der Waals surface area contributed by atoms with Gasteiger partial charge < -0.3 is 14.8 Å². The van der Waals surface area contributed by atoms with E-state index in [1.165, 1.54) is 16.2 Å². The second kappa shape index (κ2) is 7.14. The molecule has 2 aliphatic rings. The Labute approximate surface area is 177 Å². The van der Waals surface area contributed by atoms with Crippen LogP contribution < -0.4 is 14.8 Å². The molecule has 1 N–H and O–H groups in total. The number of hydrogen-bond acceptors (Lipinski definition) is 6. The number of fused-ring (bicyclic) bond motifs is 2. The molecule has 1 atom stereocenters. The normalized spacial score (nSPS) is 20.1. The van der Waals surface area contributed by atoms with Crippen LogP contribution in [0.5, 0.6) is 11.5 Å². The molecule has 1 fully saturated rings. The van der Waals surface area contributed by atoms with Gasteiger partial charge in [-0.05, 0) is 18.2 Å². The fourth-order valence-electron chi connectivity index (χ4n) is 4.00. The summed E-state index contributed by atoms with van der Waals surface area (Å²) in [6, 6.07) is 14.6. The fraction of sp³-hybridized carbons (Fsp3) is 0.227. The molecule has 1 aromatic heterocycles. The molecule has 30 heavy (non-hydrogen) atoms. The third-order valence-electron chi connectivity index (χ3n) is 5.47. The van der Waals surface area contributed by atoms with E-state index in [-0.39, 0.29) is 12.5 Å². The van der Waals surface area contributed by atoms with E-state index in [0.29, 0.717) is 30.0 Å². The van der Waals surface area contributed by atoms with Crippen molar-refractivity contribution in [2.45, 2.75) is 18.5 Å². The molecule has 1 spiro atoms. The summed E-state index contributed by atoms with van der Waals surface area (Å²) in [7, 11) is 1.62. The van der Waals surface area contributed by atoms with E-state index in [4.69, 9.17) is 9.47 Å². The van der Waals surface area contributed by atoms with Crippen LogP contribution in [0.2, 0.25) is 0 Å². The van der Waals surface area contributed by atoms with Crippen LogP contribution in [0.1, 0.15) is 17.7 Å². The Balaban J connectivity index is 1.43. The highest BCUT2D eigenvalue weighted by molar-refractivity contribution is 7.13. The van der Waals surface area contributed by atoms with Gasteiger partial charge in [-0.15, -0.1) is 11.3 Å². The number of aromatic nitrogens is 1. The van der Waals surface area contributed by atoms with Gasteiger partial charge in [-0.3, -0.25) is 9.69 Å². The molecule has 0 aliphatic carbocycles. The van der Waals surface area contributed by atoms with Crippen LogP contribution in [-0.2, 0) is 16.9 Å². The number of hydrogen-bond donors (Lipinski definition) is 1. The van der Waals surface area contributed by atoms with Crippen LogP contribution in [0, 0.1) is 0 Å². The number of amides is 3. The standard InChI is InChI=1S/C22H19N3O4S/c1-28-17-8-4-2-6-15(17)19-23-14(13-30-19)12-25-20(26)22(24-21(25)27)10-11-29-18-9-5-3-7-16(18)22/h2-9,13H,10-12H2,1H3,(H,24,27). The number of carbonyl (C=O) groups is 2. The summed E-state index contributed by atoms with van der Waals surface area (Å²) in [5.74, 6) is 1.09. The van der Waals surface area contributed by atoms with Crippen molar-refractivity contribution in [2.24, 2.45) is 0 Å².